The van der Waals surface area contributed by atoms with E-state index in [1.165, 1.54) is 12.8 Å². The summed E-state index contributed by atoms with van der Waals surface area (Å²) in [6.45, 7) is 6.60. The van der Waals surface area contributed by atoms with E-state index < -0.39 is 0 Å². The molecule has 0 heterocycles. The van der Waals surface area contributed by atoms with Gasteiger partial charge in [-0.05, 0) is 39.0 Å². The fraction of sp³-hybridized carbons (Fsp3) is 0.923. The molecule has 94 valence electrons. The largest absolute Gasteiger partial charge is 0.465 e. The highest BCUT2D eigenvalue weighted by molar-refractivity contribution is 5.76. The van der Waals surface area contributed by atoms with E-state index in [4.69, 9.17) is 4.74 Å². The van der Waals surface area contributed by atoms with E-state index in [2.05, 4.69) is 19.2 Å². The lowest BCUT2D eigenvalue weighted by molar-refractivity contribution is -0.147. The van der Waals surface area contributed by atoms with Crippen LogP contribution < -0.4 is 5.32 Å². The minimum Gasteiger partial charge on any atom is -0.465 e. The summed E-state index contributed by atoms with van der Waals surface area (Å²) in [5.74, 6) is 0.419. The van der Waals surface area contributed by atoms with E-state index in [1.807, 2.05) is 6.92 Å². The zero-order valence-corrected chi connectivity index (χ0v) is 10.8. The molecule has 1 N–H and O–H groups in total. The molecule has 0 bridgehead atoms. The molecule has 2 unspecified atom stereocenters. The second-order valence-electron chi connectivity index (χ2n) is 4.75. The maximum Gasteiger partial charge on any atom is 0.323 e. The first-order valence-corrected chi connectivity index (χ1v) is 6.61. The lowest BCUT2D eigenvalue weighted by Crippen LogP contribution is -2.47. The summed E-state index contributed by atoms with van der Waals surface area (Å²) in [5.41, 5.74) is 0. The van der Waals surface area contributed by atoms with Crippen LogP contribution in [-0.4, -0.2) is 24.7 Å². The Labute approximate surface area is 98.9 Å². The van der Waals surface area contributed by atoms with Gasteiger partial charge in [0.1, 0.15) is 6.04 Å². The van der Waals surface area contributed by atoms with Crippen LogP contribution >= 0.6 is 0 Å². The van der Waals surface area contributed by atoms with Crippen LogP contribution in [0.2, 0.25) is 0 Å². The summed E-state index contributed by atoms with van der Waals surface area (Å²) in [4.78, 5) is 11.9. The zero-order chi connectivity index (χ0) is 12.0. The lowest BCUT2D eigenvalue weighted by atomic mass is 9.97. The molecule has 0 aliphatic heterocycles. The maximum atomic E-state index is 11.9. The topological polar surface area (TPSA) is 38.3 Å². The summed E-state index contributed by atoms with van der Waals surface area (Å²) in [6, 6.07) is 0.299. The van der Waals surface area contributed by atoms with Gasteiger partial charge in [-0.3, -0.25) is 4.79 Å². The summed E-state index contributed by atoms with van der Waals surface area (Å²) in [5, 5.41) is 3.42. The molecule has 0 amide bonds. The van der Waals surface area contributed by atoms with Crippen molar-refractivity contribution in [3.8, 4) is 0 Å². The second-order valence-corrected chi connectivity index (χ2v) is 4.75. The van der Waals surface area contributed by atoms with Crippen molar-refractivity contribution in [3.63, 3.8) is 0 Å². The number of nitrogens with one attached hydrogen (secondary N) is 1. The molecular formula is C13H25NO2. The van der Waals surface area contributed by atoms with Crippen LogP contribution in [0.5, 0.6) is 0 Å². The van der Waals surface area contributed by atoms with Crippen LogP contribution in [0.15, 0.2) is 0 Å². The Hall–Kier alpha value is -0.570. The first-order valence-electron chi connectivity index (χ1n) is 6.61. The Morgan fingerprint density at radius 3 is 2.50 bits per heavy atom. The molecule has 1 rings (SSSR count). The van der Waals surface area contributed by atoms with E-state index in [0.717, 1.165) is 19.3 Å². The first-order chi connectivity index (χ1) is 7.69. The van der Waals surface area contributed by atoms with E-state index in [9.17, 15) is 4.79 Å². The molecule has 16 heavy (non-hydrogen) atoms. The summed E-state index contributed by atoms with van der Waals surface area (Å²) < 4.78 is 5.16. The number of hydrogen-bond donors (Lipinski definition) is 1. The molecule has 1 aliphatic rings. The van der Waals surface area contributed by atoms with Gasteiger partial charge in [-0.2, -0.15) is 0 Å². The second kappa shape index (κ2) is 6.89. The van der Waals surface area contributed by atoms with Crippen molar-refractivity contribution in [2.45, 2.75) is 65.0 Å². The number of ether oxygens (including phenoxy) is 1. The average molecular weight is 227 g/mol. The molecule has 0 radical (unpaired) electrons. The van der Waals surface area contributed by atoms with E-state index >= 15 is 0 Å². The molecule has 3 heteroatoms. The van der Waals surface area contributed by atoms with Crippen LogP contribution in [0, 0.1) is 5.92 Å². The Balaban J connectivity index is 2.56. The molecule has 0 spiro atoms. The van der Waals surface area contributed by atoms with E-state index in [0.29, 0.717) is 18.6 Å². The number of esters is 1. The van der Waals surface area contributed by atoms with Gasteiger partial charge >= 0.3 is 5.97 Å². The van der Waals surface area contributed by atoms with Crippen LogP contribution in [0.1, 0.15) is 52.9 Å². The molecule has 0 aromatic heterocycles. The third kappa shape index (κ3) is 3.78. The summed E-state index contributed by atoms with van der Waals surface area (Å²) >= 11 is 0. The van der Waals surface area contributed by atoms with Crippen LogP contribution in [0.3, 0.4) is 0 Å². The van der Waals surface area contributed by atoms with Gasteiger partial charge < -0.3 is 10.1 Å². The number of carbonyl (C=O) groups excluding carboxylic acids is 1. The van der Waals surface area contributed by atoms with Crippen molar-refractivity contribution in [3.05, 3.63) is 0 Å². The SMILES string of the molecule is CCOC(=O)C(NC(C)CC)C1CCCC1. The average Bonchev–Trinajstić information content (AvgIpc) is 2.78. The van der Waals surface area contributed by atoms with Crippen molar-refractivity contribution in [1.29, 1.82) is 0 Å². The van der Waals surface area contributed by atoms with Gasteiger partial charge in [0.15, 0.2) is 0 Å². The molecule has 1 saturated carbocycles. The lowest BCUT2D eigenvalue weighted by Gasteiger charge is -2.25. The van der Waals surface area contributed by atoms with Gasteiger partial charge in [0.2, 0.25) is 0 Å². The quantitative estimate of drug-likeness (QED) is 0.708. The third-order valence-electron chi connectivity index (χ3n) is 3.49. The van der Waals surface area contributed by atoms with Crippen LogP contribution in [-0.2, 0) is 9.53 Å². The normalized spacial score (nSPS) is 20.7. The minimum absolute atomic E-state index is 0.0605. The Kier molecular flexibility index (Phi) is 5.81. The van der Waals surface area contributed by atoms with Gasteiger partial charge in [-0.25, -0.2) is 0 Å². The molecule has 0 saturated heterocycles. The smallest absolute Gasteiger partial charge is 0.323 e. The fourth-order valence-electron chi connectivity index (χ4n) is 2.34. The van der Waals surface area contributed by atoms with Crippen molar-refractivity contribution >= 4 is 5.97 Å². The molecule has 1 fully saturated rings. The van der Waals surface area contributed by atoms with Gasteiger partial charge in [-0.15, -0.1) is 0 Å². The highest BCUT2D eigenvalue weighted by atomic mass is 16.5. The Morgan fingerprint density at radius 2 is 2.00 bits per heavy atom. The third-order valence-corrected chi connectivity index (χ3v) is 3.49. The zero-order valence-electron chi connectivity index (χ0n) is 10.8. The first kappa shape index (κ1) is 13.5. The summed E-state index contributed by atoms with van der Waals surface area (Å²) in [7, 11) is 0. The van der Waals surface area contributed by atoms with E-state index in [1.54, 1.807) is 0 Å². The number of rotatable bonds is 6. The predicted molar refractivity (Wildman–Crippen MR) is 65.3 cm³/mol. The van der Waals surface area contributed by atoms with Crippen LogP contribution in [0.25, 0.3) is 0 Å². The maximum absolute atomic E-state index is 11.9. The minimum atomic E-state index is -0.0857. The van der Waals surface area contributed by atoms with Gasteiger partial charge in [-0.1, -0.05) is 19.8 Å². The van der Waals surface area contributed by atoms with Gasteiger partial charge in [0.25, 0.3) is 0 Å². The molecule has 1 aliphatic carbocycles. The number of carbonyl (C=O) groups is 1. The predicted octanol–water partition coefficient (Wildman–Crippen LogP) is 2.50. The van der Waals surface area contributed by atoms with Crippen molar-refractivity contribution in [1.82, 2.24) is 5.32 Å². The standard InChI is InChI=1S/C13H25NO2/c1-4-10(3)14-12(13(15)16-5-2)11-8-6-7-9-11/h10-12,14H,4-9H2,1-3H3. The van der Waals surface area contributed by atoms with Crippen molar-refractivity contribution in [2.24, 2.45) is 5.92 Å². The monoisotopic (exact) mass is 227 g/mol. The number of hydrogen-bond acceptors (Lipinski definition) is 3. The Morgan fingerprint density at radius 1 is 1.38 bits per heavy atom. The van der Waals surface area contributed by atoms with Crippen molar-refractivity contribution in [2.75, 3.05) is 6.61 Å². The molecule has 0 aromatic rings. The molecule has 0 aromatic carbocycles. The fourth-order valence-corrected chi connectivity index (χ4v) is 2.34. The van der Waals surface area contributed by atoms with Crippen LogP contribution in [0.4, 0.5) is 0 Å². The van der Waals surface area contributed by atoms with E-state index in [-0.39, 0.29) is 12.0 Å². The van der Waals surface area contributed by atoms with Gasteiger partial charge in [0, 0.05) is 6.04 Å². The summed E-state index contributed by atoms with van der Waals surface area (Å²) in [6.07, 6.45) is 5.87. The highest BCUT2D eigenvalue weighted by Gasteiger charge is 2.32. The Bertz CT molecular complexity index is 212. The highest BCUT2D eigenvalue weighted by Crippen LogP contribution is 2.28. The van der Waals surface area contributed by atoms with Crippen molar-refractivity contribution < 1.29 is 9.53 Å². The van der Waals surface area contributed by atoms with Gasteiger partial charge in [0.05, 0.1) is 6.61 Å². The molecule has 2 atom stereocenters. The molecular weight excluding hydrogens is 202 g/mol. The molecule has 3 nitrogen and oxygen atoms in total.